The Bertz CT molecular complexity index is 229. The molecule has 0 amide bonds. The van der Waals surface area contributed by atoms with E-state index in [0.717, 1.165) is 5.69 Å². The van der Waals surface area contributed by atoms with Crippen LogP contribution in [0.2, 0.25) is 5.15 Å². The molecule has 0 fully saturated rings. The smallest absolute Gasteiger partial charge is 0.150 e. The van der Waals surface area contributed by atoms with Gasteiger partial charge in [0.2, 0.25) is 0 Å². The van der Waals surface area contributed by atoms with Crippen molar-refractivity contribution < 1.29 is 0 Å². The molecule has 0 radical (unpaired) electrons. The first-order valence-electron chi connectivity index (χ1n) is 3.20. The third kappa shape index (κ3) is 1.14. The zero-order valence-electron chi connectivity index (χ0n) is 6.30. The summed E-state index contributed by atoms with van der Waals surface area (Å²) in [5.41, 5.74) is 0.787. The summed E-state index contributed by atoms with van der Waals surface area (Å²) in [6.45, 7) is 5.87. The average Bonchev–Trinajstić information content (AvgIpc) is 2.14. The molecule has 0 aliphatic rings. The van der Waals surface area contributed by atoms with Crippen LogP contribution in [0.25, 0.3) is 0 Å². The quantitative estimate of drug-likeness (QED) is 0.626. The number of aryl methyl sites for hydroxylation is 1. The van der Waals surface area contributed by atoms with Gasteiger partial charge in [-0.25, -0.2) is 4.68 Å². The van der Waals surface area contributed by atoms with Crippen LogP contribution in [-0.2, 0) is 0 Å². The number of halogens is 1. The van der Waals surface area contributed by atoms with E-state index in [4.69, 9.17) is 11.6 Å². The molecule has 0 aliphatic carbocycles. The van der Waals surface area contributed by atoms with Crippen LogP contribution in [0.1, 0.15) is 25.6 Å². The lowest BCUT2D eigenvalue weighted by Gasteiger charge is -2.03. The highest BCUT2D eigenvalue weighted by molar-refractivity contribution is 6.30. The Labute approximate surface area is 65.0 Å². The molecular weight excluding hydrogens is 150 g/mol. The van der Waals surface area contributed by atoms with Gasteiger partial charge in [-0.05, 0) is 20.8 Å². The van der Waals surface area contributed by atoms with E-state index in [-0.39, 0.29) is 6.04 Å². The molecule has 56 valence electrons. The number of aromatic nitrogens is 3. The summed E-state index contributed by atoms with van der Waals surface area (Å²) in [7, 11) is 0. The molecule has 1 rings (SSSR count). The van der Waals surface area contributed by atoms with Gasteiger partial charge in [0.1, 0.15) is 0 Å². The number of nitrogens with zero attached hydrogens (tertiary/aromatic N) is 3. The van der Waals surface area contributed by atoms with Crippen LogP contribution in [0.3, 0.4) is 0 Å². The van der Waals surface area contributed by atoms with E-state index in [9.17, 15) is 0 Å². The molecule has 3 nitrogen and oxygen atoms in total. The van der Waals surface area contributed by atoms with Crippen molar-refractivity contribution in [1.29, 1.82) is 0 Å². The predicted molar refractivity (Wildman–Crippen MR) is 40.2 cm³/mol. The average molecular weight is 160 g/mol. The van der Waals surface area contributed by atoms with E-state index in [0.29, 0.717) is 5.15 Å². The molecule has 0 bridgehead atoms. The van der Waals surface area contributed by atoms with Gasteiger partial charge in [0.15, 0.2) is 5.15 Å². The minimum Gasteiger partial charge on any atom is -0.231 e. The van der Waals surface area contributed by atoms with Gasteiger partial charge in [-0.15, -0.1) is 5.10 Å². The fourth-order valence-electron chi connectivity index (χ4n) is 0.692. The van der Waals surface area contributed by atoms with Crippen molar-refractivity contribution in [3.8, 4) is 0 Å². The van der Waals surface area contributed by atoms with E-state index in [2.05, 4.69) is 10.3 Å². The summed E-state index contributed by atoms with van der Waals surface area (Å²) < 4.78 is 1.69. The number of hydrogen-bond acceptors (Lipinski definition) is 2. The van der Waals surface area contributed by atoms with Crippen molar-refractivity contribution in [2.24, 2.45) is 0 Å². The zero-order chi connectivity index (χ0) is 7.72. The first kappa shape index (κ1) is 7.54. The molecule has 1 aromatic rings. The minimum atomic E-state index is 0.286. The normalized spacial score (nSPS) is 10.9. The van der Waals surface area contributed by atoms with Gasteiger partial charge in [-0.2, -0.15) is 0 Å². The van der Waals surface area contributed by atoms with Crippen molar-refractivity contribution in [1.82, 2.24) is 15.0 Å². The van der Waals surface area contributed by atoms with E-state index in [1.54, 1.807) is 4.68 Å². The summed E-state index contributed by atoms with van der Waals surface area (Å²) in [4.78, 5) is 0. The zero-order valence-corrected chi connectivity index (χ0v) is 7.05. The Kier molecular flexibility index (Phi) is 1.94. The van der Waals surface area contributed by atoms with Gasteiger partial charge in [-0.3, -0.25) is 0 Å². The van der Waals surface area contributed by atoms with Crippen molar-refractivity contribution in [2.75, 3.05) is 0 Å². The highest BCUT2D eigenvalue weighted by Gasteiger charge is 2.07. The Morgan fingerprint density at radius 1 is 1.50 bits per heavy atom. The molecule has 0 spiro atoms. The van der Waals surface area contributed by atoms with E-state index >= 15 is 0 Å². The summed E-state index contributed by atoms with van der Waals surface area (Å²) in [5.74, 6) is 0. The van der Waals surface area contributed by atoms with Gasteiger partial charge < -0.3 is 0 Å². The summed E-state index contributed by atoms with van der Waals surface area (Å²) in [6.07, 6.45) is 0. The molecule has 0 aliphatic heterocycles. The largest absolute Gasteiger partial charge is 0.231 e. The maximum Gasteiger partial charge on any atom is 0.150 e. The molecular formula is C6H10ClN3. The second-order valence-corrected chi connectivity index (χ2v) is 2.86. The van der Waals surface area contributed by atoms with Gasteiger partial charge in [0.25, 0.3) is 0 Å². The lowest BCUT2D eigenvalue weighted by Crippen LogP contribution is -2.02. The summed E-state index contributed by atoms with van der Waals surface area (Å²) >= 11 is 5.84. The van der Waals surface area contributed by atoms with Crippen LogP contribution in [0, 0.1) is 6.92 Å². The maximum absolute atomic E-state index is 5.84. The maximum atomic E-state index is 5.84. The third-order valence-electron chi connectivity index (χ3n) is 1.28. The summed E-state index contributed by atoms with van der Waals surface area (Å²) in [6, 6.07) is 0.286. The Morgan fingerprint density at radius 3 is 2.30 bits per heavy atom. The second kappa shape index (κ2) is 2.58. The molecule has 0 N–H and O–H groups in total. The first-order chi connectivity index (χ1) is 4.63. The fourth-order valence-corrected chi connectivity index (χ4v) is 0.958. The van der Waals surface area contributed by atoms with Gasteiger partial charge >= 0.3 is 0 Å². The van der Waals surface area contributed by atoms with E-state index in [1.807, 2.05) is 20.8 Å². The highest BCUT2D eigenvalue weighted by Crippen LogP contribution is 2.15. The molecule has 10 heavy (non-hydrogen) atoms. The van der Waals surface area contributed by atoms with Crippen LogP contribution in [0.15, 0.2) is 0 Å². The molecule has 1 heterocycles. The summed E-state index contributed by atoms with van der Waals surface area (Å²) in [5, 5.41) is 8.30. The van der Waals surface area contributed by atoms with Crippen molar-refractivity contribution in [3.63, 3.8) is 0 Å². The van der Waals surface area contributed by atoms with Gasteiger partial charge in [0.05, 0.1) is 5.69 Å². The third-order valence-corrected chi connectivity index (χ3v) is 1.73. The Morgan fingerprint density at radius 2 is 2.10 bits per heavy atom. The fraction of sp³-hybridized carbons (Fsp3) is 0.667. The molecule has 4 heteroatoms. The van der Waals surface area contributed by atoms with Gasteiger partial charge in [0, 0.05) is 6.04 Å². The standard InChI is InChI=1S/C6H10ClN3/c1-4(2)10-6(7)5(3)8-9-10/h4H,1-3H3. The lowest BCUT2D eigenvalue weighted by atomic mass is 10.4. The molecule has 0 aromatic carbocycles. The first-order valence-corrected chi connectivity index (χ1v) is 3.58. The number of hydrogen-bond donors (Lipinski definition) is 0. The SMILES string of the molecule is Cc1nnn(C(C)C)c1Cl. The van der Waals surface area contributed by atoms with Crippen LogP contribution in [0.5, 0.6) is 0 Å². The van der Waals surface area contributed by atoms with Crippen LogP contribution in [-0.4, -0.2) is 15.0 Å². The monoisotopic (exact) mass is 159 g/mol. The number of rotatable bonds is 1. The lowest BCUT2D eigenvalue weighted by molar-refractivity contribution is 0.514. The van der Waals surface area contributed by atoms with Crippen molar-refractivity contribution in [2.45, 2.75) is 26.8 Å². The van der Waals surface area contributed by atoms with Crippen molar-refractivity contribution in [3.05, 3.63) is 10.8 Å². The molecule has 0 atom stereocenters. The predicted octanol–water partition coefficient (Wildman–Crippen LogP) is 1.82. The molecule has 1 aromatic heterocycles. The Balaban J connectivity index is 3.05. The second-order valence-electron chi connectivity index (χ2n) is 2.50. The molecule has 0 unspecified atom stereocenters. The highest BCUT2D eigenvalue weighted by atomic mass is 35.5. The topological polar surface area (TPSA) is 30.7 Å². The van der Waals surface area contributed by atoms with Crippen LogP contribution in [0.4, 0.5) is 0 Å². The van der Waals surface area contributed by atoms with Gasteiger partial charge in [-0.1, -0.05) is 16.8 Å². The van der Waals surface area contributed by atoms with E-state index < -0.39 is 0 Å². The minimum absolute atomic E-state index is 0.286. The molecule has 0 saturated carbocycles. The molecule has 0 saturated heterocycles. The Hall–Kier alpha value is -0.570. The van der Waals surface area contributed by atoms with Crippen LogP contribution >= 0.6 is 11.6 Å². The van der Waals surface area contributed by atoms with Crippen molar-refractivity contribution >= 4 is 11.6 Å². The van der Waals surface area contributed by atoms with E-state index in [1.165, 1.54) is 0 Å². The van der Waals surface area contributed by atoms with Crippen LogP contribution < -0.4 is 0 Å².